The maximum absolute atomic E-state index is 13.4. The number of aldehydes is 1. The average Bonchev–Trinajstić information content (AvgIpc) is 2.30. The number of nitrogens with one attached hydrogen (secondary N) is 1. The summed E-state index contributed by atoms with van der Waals surface area (Å²) in [5.74, 6) is -2.68. The monoisotopic (exact) mass is 249 g/mol. The van der Waals surface area contributed by atoms with E-state index in [9.17, 15) is 13.6 Å². The van der Waals surface area contributed by atoms with Crippen LogP contribution in [-0.2, 0) is 9.53 Å². The van der Waals surface area contributed by atoms with E-state index < -0.39 is 18.6 Å². The predicted octanol–water partition coefficient (Wildman–Crippen LogP) is 2.35. The molecule has 1 aliphatic carbocycles. The molecule has 1 saturated carbocycles. The zero-order chi connectivity index (χ0) is 12.7. The van der Waals surface area contributed by atoms with Crippen LogP contribution in [0.1, 0.15) is 38.5 Å². The Kier molecular flexibility index (Phi) is 5.98. The van der Waals surface area contributed by atoms with Gasteiger partial charge in [-0.15, -0.1) is 0 Å². The molecule has 1 rings (SSSR count). The summed E-state index contributed by atoms with van der Waals surface area (Å²) in [5.41, 5.74) is 0. The minimum absolute atomic E-state index is 0.230. The maximum Gasteiger partial charge on any atom is 0.293 e. The number of hydrogen-bond acceptors (Lipinski definition) is 3. The fourth-order valence-corrected chi connectivity index (χ4v) is 2.29. The van der Waals surface area contributed by atoms with Crippen molar-refractivity contribution in [3.05, 3.63) is 0 Å². The molecule has 1 atom stereocenters. The number of halogens is 2. The molecule has 0 bridgehead atoms. The quantitative estimate of drug-likeness (QED) is 0.556. The van der Waals surface area contributed by atoms with Gasteiger partial charge in [-0.25, -0.2) is 8.78 Å². The zero-order valence-corrected chi connectivity index (χ0v) is 10.3. The standard InChI is InChI=1S/C12H21F2NO2/c1-17-11(12(13,14)7-8-16)15-9-10-5-3-2-4-6-10/h8,10-11,15H,2-7,9H2,1H3. The van der Waals surface area contributed by atoms with Gasteiger partial charge in [-0.3, -0.25) is 5.32 Å². The van der Waals surface area contributed by atoms with Crippen LogP contribution in [-0.4, -0.2) is 32.1 Å². The van der Waals surface area contributed by atoms with Gasteiger partial charge in [0.2, 0.25) is 0 Å². The number of methoxy groups -OCH3 is 1. The fraction of sp³-hybridized carbons (Fsp3) is 0.917. The Hall–Kier alpha value is -0.550. The van der Waals surface area contributed by atoms with Gasteiger partial charge in [-0.05, 0) is 18.8 Å². The normalized spacial score (nSPS) is 20.2. The Balaban J connectivity index is 2.37. The van der Waals surface area contributed by atoms with E-state index in [0.717, 1.165) is 12.8 Å². The number of alkyl halides is 2. The molecule has 1 fully saturated rings. The Bertz CT molecular complexity index is 231. The number of ether oxygens (including phenoxy) is 1. The van der Waals surface area contributed by atoms with E-state index >= 15 is 0 Å². The molecule has 1 unspecified atom stereocenters. The van der Waals surface area contributed by atoms with Crippen molar-refractivity contribution < 1.29 is 18.3 Å². The predicted molar refractivity (Wildman–Crippen MR) is 61.0 cm³/mol. The van der Waals surface area contributed by atoms with Crippen LogP contribution in [0.5, 0.6) is 0 Å². The molecule has 0 aliphatic heterocycles. The largest absolute Gasteiger partial charge is 0.360 e. The lowest BCUT2D eigenvalue weighted by Gasteiger charge is -2.28. The van der Waals surface area contributed by atoms with E-state index in [1.807, 2.05) is 0 Å². The first-order valence-corrected chi connectivity index (χ1v) is 6.18. The SMILES string of the molecule is COC(NCC1CCCCC1)C(F)(F)CC=O. The second-order valence-corrected chi connectivity index (χ2v) is 4.66. The molecule has 0 spiro atoms. The lowest BCUT2D eigenvalue weighted by Crippen LogP contribution is -2.48. The van der Waals surface area contributed by atoms with Crippen LogP contribution in [0.4, 0.5) is 8.78 Å². The lowest BCUT2D eigenvalue weighted by molar-refractivity contribution is -0.148. The third-order valence-electron chi connectivity index (χ3n) is 3.29. The van der Waals surface area contributed by atoms with Crippen molar-refractivity contribution in [2.75, 3.05) is 13.7 Å². The summed E-state index contributed by atoms with van der Waals surface area (Å²) >= 11 is 0. The molecule has 0 saturated heterocycles. The summed E-state index contributed by atoms with van der Waals surface area (Å²) in [5, 5.41) is 2.73. The maximum atomic E-state index is 13.4. The summed E-state index contributed by atoms with van der Waals surface area (Å²) in [7, 11) is 1.23. The molecule has 1 N–H and O–H groups in total. The van der Waals surface area contributed by atoms with E-state index in [1.54, 1.807) is 0 Å². The van der Waals surface area contributed by atoms with Gasteiger partial charge in [-0.1, -0.05) is 19.3 Å². The molecule has 0 radical (unpaired) electrons. The molecule has 17 heavy (non-hydrogen) atoms. The Morgan fingerprint density at radius 2 is 2.06 bits per heavy atom. The highest BCUT2D eigenvalue weighted by Crippen LogP contribution is 2.25. The van der Waals surface area contributed by atoms with E-state index in [-0.39, 0.29) is 6.29 Å². The highest BCUT2D eigenvalue weighted by atomic mass is 19.3. The van der Waals surface area contributed by atoms with Crippen molar-refractivity contribution in [3.63, 3.8) is 0 Å². The van der Waals surface area contributed by atoms with Crippen LogP contribution in [0.2, 0.25) is 0 Å². The summed E-state index contributed by atoms with van der Waals surface area (Å²) in [6.45, 7) is 0.535. The average molecular weight is 249 g/mol. The van der Waals surface area contributed by atoms with Crippen LogP contribution in [0.25, 0.3) is 0 Å². The third kappa shape index (κ3) is 4.68. The smallest absolute Gasteiger partial charge is 0.293 e. The highest BCUT2D eigenvalue weighted by Gasteiger charge is 2.39. The molecule has 0 aromatic rings. The van der Waals surface area contributed by atoms with Gasteiger partial charge in [0.25, 0.3) is 5.92 Å². The van der Waals surface area contributed by atoms with Crippen LogP contribution >= 0.6 is 0 Å². The van der Waals surface area contributed by atoms with Gasteiger partial charge in [0, 0.05) is 13.7 Å². The molecule has 0 aromatic heterocycles. The minimum Gasteiger partial charge on any atom is -0.360 e. The molecule has 0 heterocycles. The number of rotatable bonds is 7. The van der Waals surface area contributed by atoms with Gasteiger partial charge >= 0.3 is 0 Å². The topological polar surface area (TPSA) is 38.3 Å². The van der Waals surface area contributed by atoms with Crippen LogP contribution in [0.3, 0.4) is 0 Å². The van der Waals surface area contributed by atoms with E-state index in [1.165, 1.54) is 26.4 Å². The molecule has 100 valence electrons. The summed E-state index contributed by atoms with van der Waals surface area (Å²) in [6, 6.07) is 0. The van der Waals surface area contributed by atoms with Gasteiger partial charge in [0.15, 0.2) is 6.23 Å². The molecule has 3 nitrogen and oxygen atoms in total. The Morgan fingerprint density at radius 3 is 2.59 bits per heavy atom. The molecule has 5 heteroatoms. The molecule has 0 aromatic carbocycles. The number of carbonyl (C=O) groups excluding carboxylic acids is 1. The lowest BCUT2D eigenvalue weighted by atomic mass is 9.89. The van der Waals surface area contributed by atoms with E-state index in [0.29, 0.717) is 12.5 Å². The van der Waals surface area contributed by atoms with Crippen molar-refractivity contribution in [2.24, 2.45) is 5.92 Å². The van der Waals surface area contributed by atoms with E-state index in [2.05, 4.69) is 5.32 Å². The first kappa shape index (κ1) is 14.5. The van der Waals surface area contributed by atoms with Crippen LogP contribution in [0, 0.1) is 5.92 Å². The summed E-state index contributed by atoms with van der Waals surface area (Å²) in [6.07, 6.45) is 3.83. The molecular formula is C12H21F2NO2. The number of carbonyl (C=O) groups is 1. The second kappa shape index (κ2) is 7.01. The van der Waals surface area contributed by atoms with Gasteiger partial charge in [0.05, 0.1) is 6.42 Å². The molecule has 1 aliphatic rings. The van der Waals surface area contributed by atoms with Gasteiger partial charge in [-0.2, -0.15) is 0 Å². The number of hydrogen-bond donors (Lipinski definition) is 1. The van der Waals surface area contributed by atoms with E-state index in [4.69, 9.17) is 4.74 Å². The van der Waals surface area contributed by atoms with Crippen molar-refractivity contribution in [1.29, 1.82) is 0 Å². The highest BCUT2D eigenvalue weighted by molar-refractivity contribution is 5.51. The summed E-state index contributed by atoms with van der Waals surface area (Å²) in [4.78, 5) is 10.2. The zero-order valence-electron chi connectivity index (χ0n) is 10.3. The minimum atomic E-state index is -3.13. The van der Waals surface area contributed by atoms with Crippen LogP contribution < -0.4 is 5.32 Å². The first-order valence-electron chi connectivity index (χ1n) is 6.18. The van der Waals surface area contributed by atoms with Crippen LogP contribution in [0.15, 0.2) is 0 Å². The fourth-order valence-electron chi connectivity index (χ4n) is 2.29. The van der Waals surface area contributed by atoms with Crippen molar-refractivity contribution in [2.45, 2.75) is 50.7 Å². The summed E-state index contributed by atoms with van der Waals surface area (Å²) < 4.78 is 31.6. The molecule has 0 amide bonds. The Morgan fingerprint density at radius 1 is 1.41 bits per heavy atom. The van der Waals surface area contributed by atoms with Crippen molar-refractivity contribution >= 4 is 6.29 Å². The van der Waals surface area contributed by atoms with Gasteiger partial charge in [0.1, 0.15) is 6.29 Å². The third-order valence-corrected chi connectivity index (χ3v) is 3.29. The Labute approximate surface area is 101 Å². The van der Waals surface area contributed by atoms with Crippen molar-refractivity contribution in [3.8, 4) is 0 Å². The van der Waals surface area contributed by atoms with Crippen molar-refractivity contribution in [1.82, 2.24) is 5.32 Å². The first-order chi connectivity index (χ1) is 8.10. The second-order valence-electron chi connectivity index (χ2n) is 4.66. The van der Waals surface area contributed by atoms with Gasteiger partial charge < -0.3 is 9.53 Å². The molecular weight excluding hydrogens is 228 g/mol.